The average Bonchev–Trinajstić information content (AvgIpc) is 2.83. The molecule has 3 aromatic rings. The van der Waals surface area contributed by atoms with E-state index in [9.17, 15) is 28.2 Å². The van der Waals surface area contributed by atoms with Gasteiger partial charge in [0.15, 0.2) is 5.78 Å². The number of allylic oxidation sites excluding steroid dienone is 2. The number of rotatable bonds is 8. The third-order valence-corrected chi connectivity index (χ3v) is 5.36. The summed E-state index contributed by atoms with van der Waals surface area (Å²) in [4.78, 5) is 18.1. The molecule has 0 aliphatic carbocycles. The monoisotopic (exact) mass is 495 g/mol. The zero-order valence-electron chi connectivity index (χ0n) is 19.6. The molecule has 0 radical (unpaired) electrons. The minimum absolute atomic E-state index is 0.0621. The molecule has 0 spiro atoms. The minimum atomic E-state index is -1.15. The van der Waals surface area contributed by atoms with Gasteiger partial charge in [-0.1, -0.05) is 30.8 Å². The van der Waals surface area contributed by atoms with Gasteiger partial charge >= 0.3 is 0 Å². The lowest BCUT2D eigenvalue weighted by Gasteiger charge is -2.15. The van der Waals surface area contributed by atoms with Gasteiger partial charge in [-0.3, -0.25) is 4.79 Å². The molecule has 186 valence electrons. The molecule has 3 rings (SSSR count). The number of Topliss-reactive ketones (excluding diaryl/α,β-unsaturated/α-hetero) is 1. The number of aryl methyl sites for hydroxylation is 1. The number of halogens is 3. The lowest BCUT2D eigenvalue weighted by Crippen LogP contribution is -2.17. The minimum Gasteiger partial charge on any atom is -0.506 e. The van der Waals surface area contributed by atoms with E-state index in [2.05, 4.69) is 11.6 Å². The Morgan fingerprint density at radius 3 is 2.08 bits per heavy atom. The maximum absolute atomic E-state index is 13.9. The summed E-state index contributed by atoms with van der Waals surface area (Å²) in [7, 11) is 0. The van der Waals surface area contributed by atoms with E-state index in [0.717, 1.165) is 12.1 Å². The molecule has 3 aromatic carbocycles. The van der Waals surface area contributed by atoms with Gasteiger partial charge in [-0.15, -0.1) is 0 Å². The predicted octanol–water partition coefficient (Wildman–Crippen LogP) is 5.94. The number of aliphatic imine (C=N–C) groups is 1. The summed E-state index contributed by atoms with van der Waals surface area (Å²) >= 11 is 0. The molecule has 0 saturated carbocycles. The summed E-state index contributed by atoms with van der Waals surface area (Å²) in [5.74, 6) is -3.90. The maximum Gasteiger partial charge on any atom is 0.198 e. The molecule has 0 fully saturated rings. The Bertz CT molecular complexity index is 1360. The molecule has 0 aliphatic heterocycles. The van der Waals surface area contributed by atoms with Crippen LogP contribution in [0.5, 0.6) is 0 Å². The van der Waals surface area contributed by atoms with Crippen molar-refractivity contribution in [3.05, 3.63) is 118 Å². The van der Waals surface area contributed by atoms with Crippen LogP contribution in [0.3, 0.4) is 0 Å². The second-order valence-corrected chi connectivity index (χ2v) is 8.20. The smallest absolute Gasteiger partial charge is 0.198 e. The molecule has 5 nitrogen and oxygen atoms in total. The van der Waals surface area contributed by atoms with Crippen LogP contribution in [0.4, 0.5) is 18.9 Å². The van der Waals surface area contributed by atoms with Crippen molar-refractivity contribution in [1.82, 2.24) is 0 Å². The zero-order valence-corrected chi connectivity index (χ0v) is 19.6. The number of ketones is 1. The number of aliphatic hydroxyl groups is 3. The van der Waals surface area contributed by atoms with Crippen molar-refractivity contribution in [1.29, 1.82) is 0 Å². The largest absolute Gasteiger partial charge is 0.506 e. The molecular formula is C28H24F3NO4. The van der Waals surface area contributed by atoms with Crippen LogP contribution < -0.4 is 0 Å². The fraction of sp³-hybridized carbons (Fsp3) is 0.143. The molecule has 3 N–H and O–H groups in total. The van der Waals surface area contributed by atoms with Crippen LogP contribution in [0.15, 0.2) is 83.4 Å². The predicted molar refractivity (Wildman–Crippen MR) is 132 cm³/mol. The topological polar surface area (TPSA) is 90.1 Å². The molecule has 0 heterocycles. The van der Waals surface area contributed by atoms with Crippen molar-refractivity contribution in [2.45, 2.75) is 20.0 Å². The number of aliphatic hydroxyl groups excluding tert-OH is 3. The summed E-state index contributed by atoms with van der Waals surface area (Å²) in [5.41, 5.74) is 0.645. The standard InChI is InChI=1S/C28H24F3NO4/c1-15(2)26(32-23-9-8-20(29)10-16(23)3)25(28(36)19-11-21(30)13-22(31)12-19)27(35)18-6-4-17(5-7-18)24(34)14-33/h4-13,24,33-34,36H,1,14H2,2-3H3. The number of carbonyl (C=O) groups is 1. The molecule has 0 aromatic heterocycles. The highest BCUT2D eigenvalue weighted by molar-refractivity contribution is 6.36. The Labute approximate surface area is 206 Å². The van der Waals surface area contributed by atoms with Crippen LogP contribution in [0, 0.1) is 24.4 Å². The third-order valence-electron chi connectivity index (χ3n) is 5.36. The van der Waals surface area contributed by atoms with Gasteiger partial charge in [-0.2, -0.15) is 0 Å². The number of benzene rings is 3. The average molecular weight is 495 g/mol. The summed E-state index contributed by atoms with van der Waals surface area (Å²) in [5, 5.41) is 30.1. The van der Waals surface area contributed by atoms with E-state index in [1.165, 1.54) is 49.4 Å². The van der Waals surface area contributed by atoms with Crippen LogP contribution in [-0.4, -0.2) is 33.4 Å². The highest BCUT2D eigenvalue weighted by Gasteiger charge is 2.25. The van der Waals surface area contributed by atoms with E-state index in [-0.39, 0.29) is 28.0 Å². The summed E-state index contributed by atoms with van der Waals surface area (Å²) in [6.07, 6.45) is -1.15. The van der Waals surface area contributed by atoms with Gasteiger partial charge in [-0.25, -0.2) is 18.2 Å². The Morgan fingerprint density at radius 2 is 1.56 bits per heavy atom. The lowest BCUT2D eigenvalue weighted by atomic mass is 9.92. The SMILES string of the molecule is C=C(C)C(=Nc1ccc(F)cc1C)C(C(=O)c1ccc(C(O)CO)cc1)=C(O)c1cc(F)cc(F)c1. The van der Waals surface area contributed by atoms with E-state index in [0.29, 0.717) is 22.9 Å². The number of carbonyl (C=O) groups excluding carboxylic acids is 1. The Hall–Kier alpha value is -4.01. The normalized spacial score (nSPS) is 13.2. The fourth-order valence-electron chi connectivity index (χ4n) is 3.50. The highest BCUT2D eigenvalue weighted by atomic mass is 19.1. The van der Waals surface area contributed by atoms with Gasteiger partial charge in [0.05, 0.1) is 23.6 Å². The molecular weight excluding hydrogens is 471 g/mol. The van der Waals surface area contributed by atoms with Crippen molar-refractivity contribution in [2.24, 2.45) is 4.99 Å². The van der Waals surface area contributed by atoms with Crippen LogP contribution >= 0.6 is 0 Å². The lowest BCUT2D eigenvalue weighted by molar-refractivity contribution is 0.0955. The molecule has 0 amide bonds. The van der Waals surface area contributed by atoms with Crippen LogP contribution in [0.25, 0.3) is 5.76 Å². The molecule has 0 saturated heterocycles. The van der Waals surface area contributed by atoms with Crippen LogP contribution in [0.1, 0.15) is 40.1 Å². The van der Waals surface area contributed by atoms with E-state index < -0.39 is 41.7 Å². The number of hydrogen-bond donors (Lipinski definition) is 3. The molecule has 0 bridgehead atoms. The van der Waals surface area contributed by atoms with Crippen LogP contribution in [-0.2, 0) is 0 Å². The molecule has 1 unspecified atom stereocenters. The number of nitrogens with zero attached hydrogens (tertiary/aromatic N) is 1. The van der Waals surface area contributed by atoms with Crippen molar-refractivity contribution >= 4 is 22.9 Å². The first-order chi connectivity index (χ1) is 17.0. The molecule has 1 atom stereocenters. The van der Waals surface area contributed by atoms with E-state index in [4.69, 9.17) is 5.11 Å². The third kappa shape index (κ3) is 5.97. The summed E-state index contributed by atoms with van der Waals surface area (Å²) in [6.45, 7) is 6.46. The molecule has 8 heteroatoms. The van der Waals surface area contributed by atoms with E-state index in [1.807, 2.05) is 0 Å². The van der Waals surface area contributed by atoms with Crippen molar-refractivity contribution < 1.29 is 33.3 Å². The van der Waals surface area contributed by atoms with Gasteiger partial charge in [0.2, 0.25) is 0 Å². The van der Waals surface area contributed by atoms with Crippen molar-refractivity contribution in [3.8, 4) is 0 Å². The summed E-state index contributed by atoms with van der Waals surface area (Å²) < 4.78 is 41.5. The van der Waals surface area contributed by atoms with E-state index in [1.54, 1.807) is 6.92 Å². The maximum atomic E-state index is 13.9. The van der Waals surface area contributed by atoms with Gasteiger partial charge in [0, 0.05) is 17.2 Å². The number of hydrogen-bond acceptors (Lipinski definition) is 5. The van der Waals surface area contributed by atoms with Crippen molar-refractivity contribution in [3.63, 3.8) is 0 Å². The van der Waals surface area contributed by atoms with Crippen molar-refractivity contribution in [2.75, 3.05) is 6.61 Å². The molecule has 36 heavy (non-hydrogen) atoms. The second-order valence-electron chi connectivity index (χ2n) is 8.20. The first kappa shape index (κ1) is 26.6. The first-order valence-corrected chi connectivity index (χ1v) is 10.9. The van der Waals surface area contributed by atoms with Gasteiger partial charge in [0.25, 0.3) is 0 Å². The van der Waals surface area contributed by atoms with E-state index >= 15 is 0 Å². The fourth-order valence-corrected chi connectivity index (χ4v) is 3.50. The van der Waals surface area contributed by atoms with Gasteiger partial charge < -0.3 is 15.3 Å². The second kappa shape index (κ2) is 11.2. The Morgan fingerprint density at radius 1 is 0.944 bits per heavy atom. The quantitative estimate of drug-likeness (QED) is 0.156. The van der Waals surface area contributed by atoms with Crippen LogP contribution in [0.2, 0.25) is 0 Å². The zero-order chi connectivity index (χ0) is 26.6. The summed E-state index contributed by atoms with van der Waals surface area (Å²) in [6, 6.07) is 11.8. The van der Waals surface area contributed by atoms with Gasteiger partial charge in [-0.05, 0) is 60.9 Å². The highest BCUT2D eigenvalue weighted by Crippen LogP contribution is 2.28. The Balaban J connectivity index is 2.27. The Kier molecular flexibility index (Phi) is 8.24. The molecule has 0 aliphatic rings. The first-order valence-electron chi connectivity index (χ1n) is 10.9. The van der Waals surface area contributed by atoms with Gasteiger partial charge in [0.1, 0.15) is 29.3 Å².